The maximum atomic E-state index is 13.0. The lowest BCUT2D eigenvalue weighted by Crippen LogP contribution is -2.38. The summed E-state index contributed by atoms with van der Waals surface area (Å²) in [5.41, 5.74) is 9.78. The standard InChI is InChI=1S/C22H26N2O2/c1-15(2)18-8-6-17(7-9-18)14-21-22(25)24(12-4-11-23)19-13-16(3)5-10-20(19)26-21/h5-10,13-15H,4,11-12,23H2,1-3H3/b21-14+. The van der Waals surface area contributed by atoms with Crippen molar-refractivity contribution >= 4 is 17.7 Å². The molecular weight excluding hydrogens is 324 g/mol. The Kier molecular flexibility index (Phi) is 5.43. The second-order valence-electron chi connectivity index (χ2n) is 7.00. The molecule has 0 unspecified atom stereocenters. The fraction of sp³-hybridized carbons (Fsp3) is 0.318. The van der Waals surface area contributed by atoms with Crippen LogP contribution in [0.25, 0.3) is 6.08 Å². The minimum absolute atomic E-state index is 0.121. The third-order valence-electron chi connectivity index (χ3n) is 4.57. The van der Waals surface area contributed by atoms with Crippen molar-refractivity contribution in [3.05, 3.63) is 64.9 Å². The number of nitrogens with zero attached hydrogens (tertiary/aromatic N) is 1. The third-order valence-corrected chi connectivity index (χ3v) is 4.57. The van der Waals surface area contributed by atoms with E-state index in [1.165, 1.54) is 5.56 Å². The molecule has 0 aromatic heterocycles. The van der Waals surface area contributed by atoms with E-state index in [0.717, 1.165) is 23.2 Å². The number of benzene rings is 2. The number of carbonyl (C=O) groups is 1. The lowest BCUT2D eigenvalue weighted by atomic mass is 10.0. The highest BCUT2D eigenvalue weighted by molar-refractivity contribution is 6.09. The van der Waals surface area contributed by atoms with Crippen molar-refractivity contribution in [1.82, 2.24) is 0 Å². The van der Waals surface area contributed by atoms with Gasteiger partial charge in [0, 0.05) is 6.54 Å². The van der Waals surface area contributed by atoms with Crippen LogP contribution in [0.5, 0.6) is 5.75 Å². The molecule has 0 atom stereocenters. The van der Waals surface area contributed by atoms with E-state index in [4.69, 9.17) is 10.5 Å². The van der Waals surface area contributed by atoms with Gasteiger partial charge in [-0.3, -0.25) is 4.79 Å². The maximum absolute atomic E-state index is 13.0. The molecule has 0 fully saturated rings. The normalized spacial score (nSPS) is 15.3. The van der Waals surface area contributed by atoms with E-state index in [2.05, 4.69) is 26.0 Å². The summed E-state index contributed by atoms with van der Waals surface area (Å²) in [4.78, 5) is 14.7. The molecule has 1 heterocycles. The van der Waals surface area contributed by atoms with Crippen molar-refractivity contribution in [2.24, 2.45) is 5.73 Å². The Morgan fingerprint density at radius 2 is 1.88 bits per heavy atom. The van der Waals surface area contributed by atoms with Crippen LogP contribution in [0.1, 0.15) is 42.9 Å². The average Bonchev–Trinajstić information content (AvgIpc) is 2.63. The Morgan fingerprint density at radius 1 is 1.15 bits per heavy atom. The van der Waals surface area contributed by atoms with Gasteiger partial charge in [-0.1, -0.05) is 44.2 Å². The quantitative estimate of drug-likeness (QED) is 0.821. The molecule has 0 bridgehead atoms. The van der Waals surface area contributed by atoms with Gasteiger partial charge in [0.1, 0.15) is 0 Å². The monoisotopic (exact) mass is 350 g/mol. The number of aryl methyl sites for hydroxylation is 1. The average molecular weight is 350 g/mol. The number of hydrogen-bond donors (Lipinski definition) is 1. The van der Waals surface area contributed by atoms with Crippen LogP contribution in [0.3, 0.4) is 0 Å². The molecule has 0 saturated heterocycles. The molecule has 0 spiro atoms. The van der Waals surface area contributed by atoms with Gasteiger partial charge < -0.3 is 15.4 Å². The predicted octanol–water partition coefficient (Wildman–Crippen LogP) is 4.23. The van der Waals surface area contributed by atoms with Gasteiger partial charge in [-0.25, -0.2) is 0 Å². The largest absolute Gasteiger partial charge is 0.449 e. The molecular formula is C22H26N2O2. The minimum atomic E-state index is -0.121. The van der Waals surface area contributed by atoms with Crippen molar-refractivity contribution in [3.63, 3.8) is 0 Å². The van der Waals surface area contributed by atoms with Crippen LogP contribution >= 0.6 is 0 Å². The summed E-state index contributed by atoms with van der Waals surface area (Å²) in [7, 11) is 0. The molecule has 1 aliphatic rings. The number of fused-ring (bicyclic) bond motifs is 1. The number of hydrogen-bond acceptors (Lipinski definition) is 3. The summed E-state index contributed by atoms with van der Waals surface area (Å²) >= 11 is 0. The summed E-state index contributed by atoms with van der Waals surface area (Å²) in [6.45, 7) is 7.46. The molecule has 136 valence electrons. The Balaban J connectivity index is 1.95. The fourth-order valence-electron chi connectivity index (χ4n) is 3.02. The SMILES string of the molecule is Cc1ccc2c(c1)N(CCCN)C(=O)/C(=C\c1ccc(C(C)C)cc1)O2. The zero-order valence-electron chi connectivity index (χ0n) is 15.7. The van der Waals surface area contributed by atoms with E-state index < -0.39 is 0 Å². The molecule has 0 aliphatic carbocycles. The Bertz CT molecular complexity index is 823. The highest BCUT2D eigenvalue weighted by Gasteiger charge is 2.29. The van der Waals surface area contributed by atoms with E-state index in [1.807, 2.05) is 43.3 Å². The lowest BCUT2D eigenvalue weighted by Gasteiger charge is -2.30. The fourth-order valence-corrected chi connectivity index (χ4v) is 3.02. The van der Waals surface area contributed by atoms with Crippen LogP contribution in [0.4, 0.5) is 5.69 Å². The first-order chi connectivity index (χ1) is 12.5. The van der Waals surface area contributed by atoms with Crippen LogP contribution < -0.4 is 15.4 Å². The topological polar surface area (TPSA) is 55.6 Å². The molecule has 4 heteroatoms. The summed E-state index contributed by atoms with van der Waals surface area (Å²) in [6, 6.07) is 14.1. The molecule has 26 heavy (non-hydrogen) atoms. The molecule has 2 N–H and O–H groups in total. The number of nitrogens with two attached hydrogens (primary N) is 1. The van der Waals surface area contributed by atoms with Crippen molar-refractivity contribution in [1.29, 1.82) is 0 Å². The summed E-state index contributed by atoms with van der Waals surface area (Å²) in [5, 5.41) is 0. The van der Waals surface area contributed by atoms with Gasteiger partial charge in [0.15, 0.2) is 11.5 Å². The van der Waals surface area contributed by atoms with Gasteiger partial charge in [-0.15, -0.1) is 0 Å². The van der Waals surface area contributed by atoms with E-state index >= 15 is 0 Å². The number of amides is 1. The van der Waals surface area contributed by atoms with Gasteiger partial charge >= 0.3 is 0 Å². The molecule has 4 nitrogen and oxygen atoms in total. The number of anilines is 1. The number of ether oxygens (including phenoxy) is 1. The summed E-state index contributed by atoms with van der Waals surface area (Å²) < 4.78 is 5.93. The minimum Gasteiger partial charge on any atom is -0.449 e. The maximum Gasteiger partial charge on any atom is 0.294 e. The van der Waals surface area contributed by atoms with Crippen LogP contribution in [-0.2, 0) is 4.79 Å². The van der Waals surface area contributed by atoms with E-state index in [0.29, 0.717) is 30.5 Å². The summed E-state index contributed by atoms with van der Waals surface area (Å²) in [6.07, 6.45) is 2.56. The van der Waals surface area contributed by atoms with Crippen LogP contribution in [0.15, 0.2) is 48.2 Å². The molecule has 0 saturated carbocycles. The lowest BCUT2D eigenvalue weighted by molar-refractivity contribution is -0.117. The third kappa shape index (κ3) is 3.81. The van der Waals surface area contributed by atoms with Crippen LogP contribution in [-0.4, -0.2) is 19.0 Å². The van der Waals surface area contributed by atoms with Crippen LogP contribution in [0.2, 0.25) is 0 Å². The van der Waals surface area contributed by atoms with Crippen molar-refractivity contribution in [2.75, 3.05) is 18.0 Å². The molecule has 1 amide bonds. The molecule has 2 aromatic rings. The van der Waals surface area contributed by atoms with Gasteiger partial charge in [-0.2, -0.15) is 0 Å². The molecule has 2 aromatic carbocycles. The first-order valence-corrected chi connectivity index (χ1v) is 9.11. The second-order valence-corrected chi connectivity index (χ2v) is 7.00. The second kappa shape index (κ2) is 7.75. The molecule has 0 radical (unpaired) electrons. The van der Waals surface area contributed by atoms with Crippen LogP contribution in [0, 0.1) is 6.92 Å². The van der Waals surface area contributed by atoms with Gasteiger partial charge in [0.25, 0.3) is 5.91 Å². The van der Waals surface area contributed by atoms with Crippen molar-refractivity contribution in [2.45, 2.75) is 33.1 Å². The van der Waals surface area contributed by atoms with E-state index in [-0.39, 0.29) is 5.91 Å². The van der Waals surface area contributed by atoms with E-state index in [9.17, 15) is 4.79 Å². The molecule has 3 rings (SSSR count). The highest BCUT2D eigenvalue weighted by atomic mass is 16.5. The highest BCUT2D eigenvalue weighted by Crippen LogP contribution is 2.36. The predicted molar refractivity (Wildman–Crippen MR) is 106 cm³/mol. The van der Waals surface area contributed by atoms with Gasteiger partial charge in [0.2, 0.25) is 0 Å². The first-order valence-electron chi connectivity index (χ1n) is 9.11. The number of carbonyl (C=O) groups excluding carboxylic acids is 1. The van der Waals surface area contributed by atoms with E-state index in [1.54, 1.807) is 4.90 Å². The zero-order valence-corrected chi connectivity index (χ0v) is 15.7. The first kappa shape index (κ1) is 18.2. The Labute approximate surface area is 155 Å². The van der Waals surface area contributed by atoms with Crippen molar-refractivity contribution < 1.29 is 9.53 Å². The van der Waals surface area contributed by atoms with Crippen molar-refractivity contribution in [3.8, 4) is 5.75 Å². The smallest absolute Gasteiger partial charge is 0.294 e. The zero-order chi connectivity index (χ0) is 18.7. The van der Waals surface area contributed by atoms with Gasteiger partial charge in [0.05, 0.1) is 5.69 Å². The Morgan fingerprint density at radius 3 is 2.54 bits per heavy atom. The Hall–Kier alpha value is -2.59. The van der Waals surface area contributed by atoms with Gasteiger partial charge in [-0.05, 0) is 60.7 Å². The summed E-state index contributed by atoms with van der Waals surface area (Å²) in [5.74, 6) is 1.41. The molecule has 1 aliphatic heterocycles. The number of rotatable bonds is 5.